The third-order valence-corrected chi connectivity index (χ3v) is 0.178. The summed E-state index contributed by atoms with van der Waals surface area (Å²) in [7, 11) is 0.500. The standard InChI is InChI=1S/CH2B2F2/c4-2-1-3-5/h1H2. The van der Waals surface area contributed by atoms with Crippen LogP contribution in [-0.2, 0) is 0 Å². The maximum absolute atomic E-state index is 10.6. The van der Waals surface area contributed by atoms with Gasteiger partial charge in [0.05, 0.1) is 0 Å². The first kappa shape index (κ1) is 4.99. The summed E-state index contributed by atoms with van der Waals surface area (Å²) in [5.41, 5.74) is 0. The van der Waals surface area contributed by atoms with Crippen LogP contribution in [0.25, 0.3) is 0 Å². The highest BCUT2D eigenvalue weighted by molar-refractivity contribution is 6.47. The topological polar surface area (TPSA) is 0 Å². The molecule has 0 nitrogen and oxygen atoms in total. The van der Waals surface area contributed by atoms with Crippen LogP contribution in [0.1, 0.15) is 0 Å². The van der Waals surface area contributed by atoms with Crippen LogP contribution >= 0.6 is 0 Å². The molecule has 5 heavy (non-hydrogen) atoms. The van der Waals surface area contributed by atoms with Gasteiger partial charge in [0, 0.05) is 0 Å². The van der Waals surface area contributed by atoms with Gasteiger partial charge in [0.2, 0.25) is 0 Å². The molecule has 0 heterocycles. The van der Waals surface area contributed by atoms with Gasteiger partial charge in [-0.3, -0.25) is 0 Å². The molecule has 0 fully saturated rings. The van der Waals surface area contributed by atoms with E-state index in [1.165, 1.54) is 0 Å². The van der Waals surface area contributed by atoms with Gasteiger partial charge in [0.15, 0.2) is 0 Å². The van der Waals surface area contributed by atoms with Crippen molar-refractivity contribution in [3.63, 3.8) is 0 Å². The lowest BCUT2D eigenvalue weighted by atomic mass is 9.80. The summed E-state index contributed by atoms with van der Waals surface area (Å²) in [6, 6.07) is 0. The van der Waals surface area contributed by atoms with E-state index in [0.29, 0.717) is 0 Å². The highest BCUT2D eigenvalue weighted by atomic mass is 19.1. The third kappa shape index (κ3) is 3.99. The molecule has 0 atom stereocenters. The van der Waals surface area contributed by atoms with Gasteiger partial charge >= 0.3 is 15.1 Å². The molecule has 0 saturated heterocycles. The van der Waals surface area contributed by atoms with E-state index >= 15 is 0 Å². The molecule has 0 amide bonds. The summed E-state index contributed by atoms with van der Waals surface area (Å²) in [5, 5.41) is 0. The summed E-state index contributed by atoms with van der Waals surface area (Å²) >= 11 is 0. The maximum atomic E-state index is 10.6. The van der Waals surface area contributed by atoms with E-state index in [4.69, 9.17) is 0 Å². The van der Waals surface area contributed by atoms with E-state index in [0.717, 1.165) is 0 Å². The molecular weight excluding hydrogens is 71.6 g/mol. The Morgan fingerprint density at radius 1 is 1.20 bits per heavy atom. The number of hydrogen-bond acceptors (Lipinski definition) is 0. The molecule has 4 heteroatoms. The molecule has 0 bridgehead atoms. The molecule has 0 spiro atoms. The predicted molar refractivity (Wildman–Crippen MR) is 18.5 cm³/mol. The lowest BCUT2D eigenvalue weighted by Gasteiger charge is -1.65. The normalized spacial score (nSPS) is 6.80. The smallest absolute Gasteiger partial charge is 0.343 e. The Kier molecular flexibility index (Phi) is 3.98. The second-order valence-corrected chi connectivity index (χ2v) is 0.544. The molecule has 0 aliphatic rings. The average Bonchev–Trinajstić information content (AvgIpc) is 1.41. The Morgan fingerprint density at radius 3 is 1.60 bits per heavy atom. The van der Waals surface area contributed by atoms with Crippen molar-refractivity contribution < 1.29 is 8.63 Å². The third-order valence-electron chi connectivity index (χ3n) is 0.178. The fourth-order valence-electron chi connectivity index (χ4n) is 0.0337. The first-order valence-corrected chi connectivity index (χ1v) is 1.25. The zero-order valence-corrected chi connectivity index (χ0v) is 2.62. The first-order chi connectivity index (χ1) is 2.41. The molecule has 0 N–H and O–H groups in total. The van der Waals surface area contributed by atoms with Gasteiger partial charge in [-0.2, -0.15) is 0 Å². The molecule has 0 aromatic carbocycles. The second-order valence-electron chi connectivity index (χ2n) is 0.544. The summed E-state index contributed by atoms with van der Waals surface area (Å²) in [4.78, 5) is 0. The van der Waals surface area contributed by atoms with Crippen molar-refractivity contribution >= 4 is 15.1 Å². The molecule has 26 valence electrons. The van der Waals surface area contributed by atoms with Crippen molar-refractivity contribution in [3.8, 4) is 0 Å². The molecular formula is CH2B2F2. The SMILES string of the molecule is F[B]C[B]F. The van der Waals surface area contributed by atoms with Crippen molar-refractivity contribution in [3.05, 3.63) is 0 Å². The van der Waals surface area contributed by atoms with E-state index in [2.05, 4.69) is 0 Å². The van der Waals surface area contributed by atoms with E-state index in [1.807, 2.05) is 0 Å². The summed E-state index contributed by atoms with van der Waals surface area (Å²) in [6.45, 7) is 0. The van der Waals surface area contributed by atoms with Gasteiger partial charge in [-0.1, -0.05) is 0 Å². The molecule has 0 aromatic rings. The van der Waals surface area contributed by atoms with E-state index < -0.39 is 0 Å². The first-order valence-electron chi connectivity index (χ1n) is 1.25. The zero-order valence-electron chi connectivity index (χ0n) is 2.62. The number of rotatable bonds is 2. The van der Waals surface area contributed by atoms with Gasteiger partial charge < -0.3 is 8.63 Å². The Hall–Kier alpha value is -0.0101. The van der Waals surface area contributed by atoms with Crippen LogP contribution < -0.4 is 0 Å². The average molecular weight is 73.6 g/mol. The lowest BCUT2D eigenvalue weighted by Crippen LogP contribution is -1.81. The summed E-state index contributed by atoms with van der Waals surface area (Å²) in [5.74, 6) is 0. The molecule has 0 unspecified atom stereocenters. The lowest BCUT2D eigenvalue weighted by molar-refractivity contribution is 0.848. The fourth-order valence-corrected chi connectivity index (χ4v) is 0.0337. The van der Waals surface area contributed by atoms with Crippen LogP contribution in [0.5, 0.6) is 0 Å². The van der Waals surface area contributed by atoms with Crippen LogP contribution in [0.4, 0.5) is 8.63 Å². The monoisotopic (exact) mass is 74.0 g/mol. The predicted octanol–water partition coefficient (Wildman–Crippen LogP) is 0.540. The highest BCUT2D eigenvalue weighted by Crippen LogP contribution is 1.72. The van der Waals surface area contributed by atoms with Crippen molar-refractivity contribution in [2.24, 2.45) is 0 Å². The largest absolute Gasteiger partial charge is 0.349 e. The molecule has 0 aromatic heterocycles. The summed E-state index contributed by atoms with van der Waals surface area (Å²) in [6.07, 6.45) is -0.194. The molecule has 0 aliphatic carbocycles. The van der Waals surface area contributed by atoms with E-state index in [9.17, 15) is 8.63 Å². The molecule has 0 aliphatic heterocycles. The van der Waals surface area contributed by atoms with Crippen molar-refractivity contribution in [1.29, 1.82) is 0 Å². The number of hydrogen-bond donors (Lipinski definition) is 0. The van der Waals surface area contributed by atoms with Gasteiger partial charge in [-0.25, -0.2) is 0 Å². The molecule has 0 saturated carbocycles. The molecule has 2 radical (unpaired) electrons. The van der Waals surface area contributed by atoms with Crippen LogP contribution in [0, 0.1) is 0 Å². The Bertz CT molecular complexity index is 15.1. The maximum Gasteiger partial charge on any atom is 0.349 e. The Balaban J connectivity index is 2.19. The van der Waals surface area contributed by atoms with Gasteiger partial charge in [-0.15, -0.1) is 0 Å². The minimum absolute atomic E-state index is 0.194. The Labute approximate surface area is 31.1 Å². The Morgan fingerprint density at radius 2 is 1.60 bits per heavy atom. The fraction of sp³-hybridized carbons (Fsp3) is 1.00. The van der Waals surface area contributed by atoms with Gasteiger partial charge in [-0.05, 0) is 6.22 Å². The highest BCUT2D eigenvalue weighted by Gasteiger charge is 1.86. The minimum atomic E-state index is -0.194. The second kappa shape index (κ2) is 3.99. The summed E-state index contributed by atoms with van der Waals surface area (Å²) < 4.78 is 21.2. The van der Waals surface area contributed by atoms with Crippen LogP contribution in [0.2, 0.25) is 6.22 Å². The van der Waals surface area contributed by atoms with E-state index in [-0.39, 0.29) is 21.3 Å². The van der Waals surface area contributed by atoms with Crippen LogP contribution in [0.3, 0.4) is 0 Å². The minimum Gasteiger partial charge on any atom is -0.343 e. The van der Waals surface area contributed by atoms with Gasteiger partial charge in [0.1, 0.15) is 0 Å². The quantitative estimate of drug-likeness (QED) is 0.419. The van der Waals surface area contributed by atoms with Crippen LogP contribution in [0.15, 0.2) is 0 Å². The van der Waals surface area contributed by atoms with Crippen molar-refractivity contribution in [2.45, 2.75) is 6.22 Å². The van der Waals surface area contributed by atoms with E-state index in [1.54, 1.807) is 0 Å². The van der Waals surface area contributed by atoms with Gasteiger partial charge in [0.25, 0.3) is 0 Å². The van der Waals surface area contributed by atoms with Crippen LogP contribution in [-0.4, -0.2) is 15.1 Å². The molecule has 0 rings (SSSR count). The zero-order chi connectivity index (χ0) is 4.12. The van der Waals surface area contributed by atoms with Crippen molar-refractivity contribution in [1.82, 2.24) is 0 Å². The van der Waals surface area contributed by atoms with Crippen molar-refractivity contribution in [2.75, 3.05) is 0 Å². The number of halogens is 2.